The van der Waals surface area contributed by atoms with Crippen LogP contribution in [0.2, 0.25) is 5.15 Å². The zero-order chi connectivity index (χ0) is 15.4. The van der Waals surface area contributed by atoms with Crippen LogP contribution in [0, 0.1) is 5.82 Å². The normalized spacial score (nSPS) is 10.3. The van der Waals surface area contributed by atoms with Crippen LogP contribution >= 0.6 is 11.6 Å². The smallest absolute Gasteiger partial charge is 0.255 e. The first kappa shape index (κ1) is 15.3. The van der Waals surface area contributed by atoms with E-state index in [9.17, 15) is 9.18 Å². The number of methoxy groups -OCH3 is 1. The summed E-state index contributed by atoms with van der Waals surface area (Å²) in [7, 11) is 1.41. The van der Waals surface area contributed by atoms with Crippen LogP contribution < -0.4 is 10.1 Å². The van der Waals surface area contributed by atoms with Gasteiger partial charge in [-0.25, -0.2) is 9.37 Å². The van der Waals surface area contributed by atoms with Gasteiger partial charge in [0.15, 0.2) is 0 Å². The predicted octanol–water partition coefficient (Wildman–Crippen LogP) is 3.70. The lowest BCUT2D eigenvalue weighted by Crippen LogP contribution is -2.13. The van der Waals surface area contributed by atoms with E-state index in [4.69, 9.17) is 16.3 Å². The van der Waals surface area contributed by atoms with Crippen molar-refractivity contribution in [3.63, 3.8) is 0 Å². The van der Waals surface area contributed by atoms with Crippen LogP contribution in [0.5, 0.6) is 5.75 Å². The molecule has 0 aliphatic heterocycles. The fourth-order valence-electron chi connectivity index (χ4n) is 1.83. The van der Waals surface area contributed by atoms with E-state index in [1.54, 1.807) is 6.07 Å². The summed E-state index contributed by atoms with van der Waals surface area (Å²) in [5.74, 6) is -0.553. The van der Waals surface area contributed by atoms with Gasteiger partial charge in [-0.2, -0.15) is 0 Å². The van der Waals surface area contributed by atoms with E-state index in [1.807, 2.05) is 6.92 Å². The number of hydrogen-bond donors (Lipinski definition) is 1. The summed E-state index contributed by atoms with van der Waals surface area (Å²) in [6.45, 7) is 1.92. The van der Waals surface area contributed by atoms with Crippen LogP contribution in [0.4, 0.5) is 10.1 Å². The Hall–Kier alpha value is -2.14. The first-order chi connectivity index (χ1) is 10.0. The monoisotopic (exact) mass is 308 g/mol. The third-order valence-corrected chi connectivity index (χ3v) is 3.08. The zero-order valence-electron chi connectivity index (χ0n) is 11.6. The molecule has 21 heavy (non-hydrogen) atoms. The van der Waals surface area contributed by atoms with Gasteiger partial charge in [0.1, 0.15) is 16.7 Å². The number of pyridine rings is 1. The molecule has 0 spiro atoms. The molecule has 4 nitrogen and oxygen atoms in total. The molecular weight excluding hydrogens is 295 g/mol. The highest BCUT2D eigenvalue weighted by atomic mass is 35.5. The molecule has 0 bridgehead atoms. The molecule has 0 saturated heterocycles. The van der Waals surface area contributed by atoms with Gasteiger partial charge in [-0.1, -0.05) is 18.5 Å². The number of carbonyl (C=O) groups excluding carboxylic acids is 1. The molecule has 0 unspecified atom stereocenters. The second-order valence-electron chi connectivity index (χ2n) is 4.32. The summed E-state index contributed by atoms with van der Waals surface area (Å²) >= 11 is 5.89. The molecule has 0 radical (unpaired) electrons. The van der Waals surface area contributed by atoms with Crippen LogP contribution in [-0.2, 0) is 6.42 Å². The van der Waals surface area contributed by atoms with Crippen LogP contribution in [0.25, 0.3) is 0 Å². The molecule has 0 aliphatic rings. The molecule has 0 aliphatic carbocycles. The number of rotatable bonds is 4. The van der Waals surface area contributed by atoms with Crippen molar-refractivity contribution in [1.29, 1.82) is 0 Å². The van der Waals surface area contributed by atoms with E-state index in [-0.39, 0.29) is 16.8 Å². The van der Waals surface area contributed by atoms with Crippen molar-refractivity contribution in [3.05, 3.63) is 52.6 Å². The number of anilines is 1. The summed E-state index contributed by atoms with van der Waals surface area (Å²) in [4.78, 5) is 16.3. The Morgan fingerprint density at radius 2 is 2.14 bits per heavy atom. The van der Waals surface area contributed by atoms with Crippen molar-refractivity contribution in [2.75, 3.05) is 12.4 Å². The zero-order valence-corrected chi connectivity index (χ0v) is 12.4. The number of hydrogen-bond acceptors (Lipinski definition) is 3. The van der Waals surface area contributed by atoms with Gasteiger partial charge >= 0.3 is 0 Å². The molecule has 2 rings (SSSR count). The quantitative estimate of drug-likeness (QED) is 0.876. The molecule has 6 heteroatoms. The van der Waals surface area contributed by atoms with Crippen molar-refractivity contribution >= 4 is 23.2 Å². The first-order valence-electron chi connectivity index (χ1n) is 6.35. The van der Waals surface area contributed by atoms with Gasteiger partial charge in [0.25, 0.3) is 5.91 Å². The topological polar surface area (TPSA) is 51.2 Å². The van der Waals surface area contributed by atoms with Crippen LogP contribution in [0.1, 0.15) is 23.0 Å². The van der Waals surface area contributed by atoms with Gasteiger partial charge < -0.3 is 10.1 Å². The summed E-state index contributed by atoms with van der Waals surface area (Å²) in [5, 5.41) is 2.92. The van der Waals surface area contributed by atoms with Gasteiger partial charge in [0.05, 0.1) is 12.8 Å². The largest absolute Gasteiger partial charge is 0.494 e. The lowest BCUT2D eigenvalue weighted by atomic mass is 10.2. The van der Waals surface area contributed by atoms with Gasteiger partial charge in [0, 0.05) is 17.3 Å². The van der Waals surface area contributed by atoms with Crippen molar-refractivity contribution in [3.8, 4) is 5.75 Å². The van der Waals surface area contributed by atoms with E-state index in [0.29, 0.717) is 17.7 Å². The first-order valence-corrected chi connectivity index (χ1v) is 6.72. The number of amides is 1. The van der Waals surface area contributed by atoms with Crippen molar-refractivity contribution in [1.82, 2.24) is 4.98 Å². The van der Waals surface area contributed by atoms with Gasteiger partial charge in [-0.15, -0.1) is 0 Å². The second-order valence-corrected chi connectivity index (χ2v) is 4.71. The van der Waals surface area contributed by atoms with Crippen molar-refractivity contribution in [2.24, 2.45) is 0 Å². The molecule has 1 aromatic heterocycles. The van der Waals surface area contributed by atoms with Gasteiger partial charge in [-0.3, -0.25) is 4.79 Å². The maximum absolute atomic E-state index is 13.1. The molecule has 1 N–H and O–H groups in total. The van der Waals surface area contributed by atoms with Crippen molar-refractivity contribution < 1.29 is 13.9 Å². The van der Waals surface area contributed by atoms with Crippen molar-refractivity contribution in [2.45, 2.75) is 13.3 Å². The number of halogens is 2. The Bertz CT molecular complexity index is 677. The molecular formula is C15H14ClFN2O2. The Labute approximate surface area is 126 Å². The van der Waals surface area contributed by atoms with E-state index < -0.39 is 5.82 Å². The molecule has 0 fully saturated rings. The Morgan fingerprint density at radius 3 is 2.81 bits per heavy atom. The van der Waals surface area contributed by atoms with E-state index in [2.05, 4.69) is 10.3 Å². The lowest BCUT2D eigenvalue weighted by Gasteiger charge is -2.11. The Kier molecular flexibility index (Phi) is 4.75. The van der Waals surface area contributed by atoms with Gasteiger partial charge in [-0.05, 0) is 30.7 Å². The summed E-state index contributed by atoms with van der Waals surface area (Å²) in [6.07, 6.45) is 0.667. The number of ether oxygens (including phenoxy) is 1. The summed E-state index contributed by atoms with van der Waals surface area (Å²) in [6, 6.07) is 7.03. The lowest BCUT2D eigenvalue weighted by molar-refractivity contribution is 0.102. The molecule has 0 saturated carbocycles. The average molecular weight is 309 g/mol. The third kappa shape index (κ3) is 3.70. The Morgan fingerprint density at radius 1 is 1.38 bits per heavy atom. The van der Waals surface area contributed by atoms with E-state index in [1.165, 1.54) is 31.4 Å². The van der Waals surface area contributed by atoms with E-state index >= 15 is 0 Å². The molecule has 1 heterocycles. The fraction of sp³-hybridized carbons (Fsp3) is 0.200. The number of nitrogens with one attached hydrogen (secondary N) is 1. The highest BCUT2D eigenvalue weighted by molar-refractivity contribution is 6.29. The predicted molar refractivity (Wildman–Crippen MR) is 79.5 cm³/mol. The minimum absolute atomic E-state index is 0.249. The number of carbonyl (C=O) groups is 1. The molecule has 1 aromatic carbocycles. The number of nitrogens with zero attached hydrogens (tertiary/aromatic N) is 1. The van der Waals surface area contributed by atoms with Crippen LogP contribution in [-0.4, -0.2) is 18.0 Å². The minimum Gasteiger partial charge on any atom is -0.494 e. The SMILES string of the molecule is CCc1cc(C(=O)Nc2ccc(F)cc2OC)cc(Cl)n1. The summed E-state index contributed by atoms with van der Waals surface area (Å²) in [5.41, 5.74) is 1.49. The maximum atomic E-state index is 13.1. The second kappa shape index (κ2) is 6.54. The average Bonchev–Trinajstić information content (AvgIpc) is 2.48. The number of aromatic nitrogens is 1. The molecule has 2 aromatic rings. The highest BCUT2D eigenvalue weighted by Crippen LogP contribution is 2.25. The molecule has 1 amide bonds. The van der Waals surface area contributed by atoms with E-state index in [0.717, 1.165) is 5.69 Å². The Balaban J connectivity index is 2.28. The van der Waals surface area contributed by atoms with Gasteiger partial charge in [0.2, 0.25) is 0 Å². The standard InChI is InChI=1S/C15H14ClFN2O2/c1-3-11-6-9(7-14(16)18-11)15(20)19-12-5-4-10(17)8-13(12)21-2/h4-8H,3H2,1-2H3,(H,19,20). The number of benzene rings is 1. The van der Waals surface area contributed by atoms with Crippen LogP contribution in [0.15, 0.2) is 30.3 Å². The molecule has 0 atom stereocenters. The molecule has 110 valence electrons. The fourth-order valence-corrected chi connectivity index (χ4v) is 2.05. The summed E-state index contributed by atoms with van der Waals surface area (Å²) < 4.78 is 18.2. The third-order valence-electron chi connectivity index (χ3n) is 2.88. The number of aryl methyl sites for hydroxylation is 1. The van der Waals surface area contributed by atoms with Crippen LogP contribution in [0.3, 0.4) is 0 Å². The maximum Gasteiger partial charge on any atom is 0.255 e. The highest BCUT2D eigenvalue weighted by Gasteiger charge is 2.12. The minimum atomic E-state index is -0.440.